The van der Waals surface area contributed by atoms with Crippen molar-refractivity contribution in [3.05, 3.63) is 33.8 Å². The van der Waals surface area contributed by atoms with E-state index >= 15 is 0 Å². The monoisotopic (exact) mass is 287 g/mol. The molecule has 1 unspecified atom stereocenters. The molecule has 1 aliphatic rings. The number of hydrogen-bond acceptors (Lipinski definition) is 2. The fraction of sp³-hybridized carbons (Fsp3) is 0.462. The number of rotatable bonds is 2. The molecule has 0 aromatic heterocycles. The van der Waals surface area contributed by atoms with Gasteiger partial charge in [-0.05, 0) is 37.0 Å². The number of carbonyl (C=O) groups excluding carboxylic acids is 1. The third-order valence-electron chi connectivity index (χ3n) is 3.23. The summed E-state index contributed by atoms with van der Waals surface area (Å²) in [5, 5.41) is 10.00. The average molecular weight is 288 g/mol. The molecule has 5 heteroatoms. The predicted molar refractivity (Wildman–Crippen MR) is 72.2 cm³/mol. The molecule has 0 radical (unpaired) electrons. The number of aliphatic hydroxyl groups excluding tert-OH is 1. The molecule has 1 heterocycles. The van der Waals surface area contributed by atoms with Gasteiger partial charge in [0.05, 0.1) is 10.0 Å². The Balaban J connectivity index is 2.12. The topological polar surface area (TPSA) is 40.5 Å². The van der Waals surface area contributed by atoms with Crippen LogP contribution in [0.15, 0.2) is 18.2 Å². The lowest BCUT2D eigenvalue weighted by Crippen LogP contribution is -2.40. The van der Waals surface area contributed by atoms with Crippen LogP contribution in [-0.2, 0) is 0 Å². The number of carbonyl (C=O) groups is 1. The first-order chi connectivity index (χ1) is 8.61. The van der Waals surface area contributed by atoms with Crippen molar-refractivity contribution in [1.29, 1.82) is 0 Å². The third kappa shape index (κ3) is 2.97. The van der Waals surface area contributed by atoms with Gasteiger partial charge in [0.15, 0.2) is 0 Å². The second-order valence-corrected chi connectivity index (χ2v) is 5.39. The van der Waals surface area contributed by atoms with Crippen molar-refractivity contribution in [2.75, 3.05) is 19.7 Å². The van der Waals surface area contributed by atoms with E-state index in [-0.39, 0.29) is 18.4 Å². The number of likely N-dealkylation sites (tertiary alicyclic amines) is 1. The minimum atomic E-state index is -0.0493. The molecular weight excluding hydrogens is 273 g/mol. The molecule has 18 heavy (non-hydrogen) atoms. The van der Waals surface area contributed by atoms with Crippen LogP contribution >= 0.6 is 23.2 Å². The highest BCUT2D eigenvalue weighted by atomic mass is 35.5. The molecule has 0 bridgehead atoms. The van der Waals surface area contributed by atoms with Gasteiger partial charge < -0.3 is 10.0 Å². The number of benzene rings is 1. The minimum Gasteiger partial charge on any atom is -0.396 e. The fourth-order valence-electron chi connectivity index (χ4n) is 2.21. The van der Waals surface area contributed by atoms with Crippen LogP contribution in [0.2, 0.25) is 10.0 Å². The number of hydrogen-bond donors (Lipinski definition) is 1. The maximum absolute atomic E-state index is 12.3. The van der Waals surface area contributed by atoms with Gasteiger partial charge in [-0.2, -0.15) is 0 Å². The number of piperidine rings is 1. The van der Waals surface area contributed by atoms with Crippen LogP contribution < -0.4 is 0 Å². The van der Waals surface area contributed by atoms with E-state index in [1.54, 1.807) is 23.1 Å². The summed E-state index contributed by atoms with van der Waals surface area (Å²) in [6.07, 6.45) is 1.90. The summed E-state index contributed by atoms with van der Waals surface area (Å²) in [6, 6.07) is 4.90. The van der Waals surface area contributed by atoms with Gasteiger partial charge in [-0.3, -0.25) is 4.79 Å². The van der Waals surface area contributed by atoms with E-state index < -0.39 is 0 Å². The molecule has 1 saturated heterocycles. The molecule has 98 valence electrons. The van der Waals surface area contributed by atoms with E-state index in [1.165, 1.54) is 0 Å². The van der Waals surface area contributed by atoms with Crippen molar-refractivity contribution in [1.82, 2.24) is 4.90 Å². The lowest BCUT2D eigenvalue weighted by molar-refractivity contribution is 0.0620. The number of nitrogens with zero attached hydrogens (tertiary/aromatic N) is 1. The van der Waals surface area contributed by atoms with Crippen LogP contribution in [-0.4, -0.2) is 35.6 Å². The first-order valence-corrected chi connectivity index (χ1v) is 6.72. The van der Waals surface area contributed by atoms with Crippen LogP contribution in [0.5, 0.6) is 0 Å². The molecule has 1 aromatic rings. The molecule has 1 fully saturated rings. The number of amides is 1. The third-order valence-corrected chi connectivity index (χ3v) is 3.97. The summed E-state index contributed by atoms with van der Waals surface area (Å²) in [5.41, 5.74) is 0.544. The molecule has 1 atom stereocenters. The fourth-order valence-corrected chi connectivity index (χ4v) is 2.51. The maximum Gasteiger partial charge on any atom is 0.253 e. The molecule has 3 nitrogen and oxygen atoms in total. The van der Waals surface area contributed by atoms with Gasteiger partial charge in [-0.25, -0.2) is 0 Å². The SMILES string of the molecule is O=C(c1ccc(Cl)c(Cl)c1)N1CCCC(CO)C1. The van der Waals surface area contributed by atoms with Gasteiger partial charge in [0.25, 0.3) is 5.91 Å². The highest BCUT2D eigenvalue weighted by molar-refractivity contribution is 6.42. The van der Waals surface area contributed by atoms with Crippen molar-refractivity contribution < 1.29 is 9.90 Å². The summed E-state index contributed by atoms with van der Waals surface area (Å²) >= 11 is 11.7. The minimum absolute atomic E-state index is 0.0493. The van der Waals surface area contributed by atoms with Crippen LogP contribution in [0.1, 0.15) is 23.2 Å². The van der Waals surface area contributed by atoms with Crippen molar-refractivity contribution >= 4 is 29.1 Å². The van der Waals surface area contributed by atoms with E-state index in [1.807, 2.05) is 0 Å². The van der Waals surface area contributed by atoms with Crippen molar-refractivity contribution in [2.24, 2.45) is 5.92 Å². The van der Waals surface area contributed by atoms with Crippen LogP contribution in [0.3, 0.4) is 0 Å². The number of aliphatic hydroxyl groups is 1. The number of halogens is 2. The van der Waals surface area contributed by atoms with Crippen molar-refractivity contribution in [2.45, 2.75) is 12.8 Å². The van der Waals surface area contributed by atoms with E-state index in [2.05, 4.69) is 0 Å². The van der Waals surface area contributed by atoms with Crippen molar-refractivity contribution in [3.63, 3.8) is 0 Å². The smallest absolute Gasteiger partial charge is 0.253 e. The Morgan fingerprint density at radius 1 is 1.39 bits per heavy atom. The van der Waals surface area contributed by atoms with E-state index in [9.17, 15) is 4.79 Å². The molecule has 1 N–H and O–H groups in total. The molecule has 0 aliphatic carbocycles. The Kier molecular flexibility index (Phi) is 4.49. The van der Waals surface area contributed by atoms with Crippen LogP contribution in [0, 0.1) is 5.92 Å². The molecule has 1 aliphatic heterocycles. The van der Waals surface area contributed by atoms with Gasteiger partial charge in [0.2, 0.25) is 0 Å². The van der Waals surface area contributed by atoms with Gasteiger partial charge in [0.1, 0.15) is 0 Å². The van der Waals surface area contributed by atoms with Crippen LogP contribution in [0.25, 0.3) is 0 Å². The van der Waals surface area contributed by atoms with Gasteiger partial charge >= 0.3 is 0 Å². The second-order valence-electron chi connectivity index (χ2n) is 4.57. The first kappa shape index (κ1) is 13.7. The predicted octanol–water partition coefficient (Wildman–Crippen LogP) is 2.84. The highest BCUT2D eigenvalue weighted by Crippen LogP contribution is 2.24. The summed E-state index contributed by atoms with van der Waals surface area (Å²) in [6.45, 7) is 1.47. The summed E-state index contributed by atoms with van der Waals surface area (Å²) < 4.78 is 0. The highest BCUT2D eigenvalue weighted by Gasteiger charge is 2.24. The molecule has 0 spiro atoms. The Bertz CT molecular complexity index is 451. The summed E-state index contributed by atoms with van der Waals surface area (Å²) in [4.78, 5) is 14.0. The summed E-state index contributed by atoms with van der Waals surface area (Å²) in [7, 11) is 0. The molecule has 1 amide bonds. The Morgan fingerprint density at radius 3 is 2.83 bits per heavy atom. The summed E-state index contributed by atoms with van der Waals surface area (Å²) in [5.74, 6) is 0.136. The molecular formula is C13H15Cl2NO2. The molecule has 0 saturated carbocycles. The van der Waals surface area contributed by atoms with E-state index in [0.29, 0.717) is 22.2 Å². The standard InChI is InChI=1S/C13H15Cl2NO2/c14-11-4-3-10(6-12(11)15)13(18)16-5-1-2-9(7-16)8-17/h3-4,6,9,17H,1-2,5,7-8H2. The lowest BCUT2D eigenvalue weighted by atomic mass is 9.98. The Hall–Kier alpha value is -0.770. The molecule has 2 rings (SSSR count). The Labute approximate surface area is 116 Å². The van der Waals surface area contributed by atoms with Gasteiger partial charge in [-0.15, -0.1) is 0 Å². The Morgan fingerprint density at radius 2 is 2.17 bits per heavy atom. The zero-order valence-electron chi connectivity index (χ0n) is 9.90. The quantitative estimate of drug-likeness (QED) is 0.909. The zero-order valence-corrected chi connectivity index (χ0v) is 11.4. The maximum atomic E-state index is 12.3. The van der Waals surface area contributed by atoms with Crippen molar-refractivity contribution in [3.8, 4) is 0 Å². The largest absolute Gasteiger partial charge is 0.396 e. The van der Waals surface area contributed by atoms with E-state index in [4.69, 9.17) is 28.3 Å². The average Bonchev–Trinajstić information content (AvgIpc) is 2.41. The molecule has 1 aromatic carbocycles. The van der Waals surface area contributed by atoms with Crippen LogP contribution in [0.4, 0.5) is 0 Å². The zero-order chi connectivity index (χ0) is 13.1. The normalized spacial score (nSPS) is 19.9. The van der Waals surface area contributed by atoms with Gasteiger partial charge in [0, 0.05) is 25.3 Å². The lowest BCUT2D eigenvalue weighted by Gasteiger charge is -2.32. The first-order valence-electron chi connectivity index (χ1n) is 5.97. The van der Waals surface area contributed by atoms with Gasteiger partial charge in [-0.1, -0.05) is 23.2 Å². The van der Waals surface area contributed by atoms with E-state index in [0.717, 1.165) is 19.4 Å². The second kappa shape index (κ2) is 5.91.